The number of rotatable bonds is 4. The van der Waals surface area contributed by atoms with E-state index in [4.69, 9.17) is 4.98 Å². The fourth-order valence-electron chi connectivity index (χ4n) is 3.99. The van der Waals surface area contributed by atoms with E-state index in [2.05, 4.69) is 14.9 Å². The fraction of sp³-hybridized carbons (Fsp3) is 0.167. The average molecular weight is 427 g/mol. The van der Waals surface area contributed by atoms with Crippen molar-refractivity contribution < 1.29 is 4.79 Å². The highest BCUT2D eigenvalue weighted by Gasteiger charge is 2.18. The first-order valence-electron chi connectivity index (χ1n) is 10.5. The maximum atomic E-state index is 12.9. The molecule has 0 spiro atoms. The third kappa shape index (κ3) is 3.66. The molecule has 2 aromatic carbocycles. The number of carbonyl (C=O) groups is 1. The molecule has 2 aromatic heterocycles. The zero-order valence-electron chi connectivity index (χ0n) is 17.2. The van der Waals surface area contributed by atoms with Crippen molar-refractivity contribution in [1.29, 1.82) is 0 Å². The van der Waals surface area contributed by atoms with Crippen LogP contribution in [0.25, 0.3) is 16.9 Å². The second kappa shape index (κ2) is 8.14. The number of imidazole rings is 1. The van der Waals surface area contributed by atoms with E-state index >= 15 is 0 Å². The Labute approximate surface area is 183 Å². The van der Waals surface area contributed by atoms with Gasteiger partial charge in [-0.25, -0.2) is 14.3 Å². The normalized spacial score (nSPS) is 12.9. The number of hydrogen-bond donors (Lipinski definition) is 2. The van der Waals surface area contributed by atoms with Crippen molar-refractivity contribution in [3.8, 4) is 16.9 Å². The lowest BCUT2D eigenvalue weighted by Crippen LogP contribution is -2.35. The molecule has 4 aromatic rings. The zero-order valence-corrected chi connectivity index (χ0v) is 17.2. The maximum absolute atomic E-state index is 12.9. The molecule has 2 N–H and O–H groups in total. The summed E-state index contributed by atoms with van der Waals surface area (Å²) in [5, 5.41) is 2.81. The molecule has 5 rings (SSSR count). The lowest BCUT2D eigenvalue weighted by atomic mass is 10.1. The Morgan fingerprint density at radius 1 is 1.00 bits per heavy atom. The Morgan fingerprint density at radius 3 is 2.56 bits per heavy atom. The van der Waals surface area contributed by atoms with Crippen LogP contribution in [0.3, 0.4) is 0 Å². The number of aromatic nitrogens is 4. The number of fused-ring (bicyclic) bond motifs is 1. The van der Waals surface area contributed by atoms with Crippen molar-refractivity contribution in [2.45, 2.75) is 25.8 Å². The molecule has 1 aliphatic rings. The molecule has 1 aliphatic heterocycles. The largest absolute Gasteiger partial charge is 0.334 e. The van der Waals surface area contributed by atoms with Gasteiger partial charge < -0.3 is 14.9 Å². The highest BCUT2D eigenvalue weighted by atomic mass is 16.2. The maximum Gasteiger partial charge on any atom is 0.333 e. The predicted octanol–water partition coefficient (Wildman–Crippen LogP) is 2.98. The third-order valence-electron chi connectivity index (χ3n) is 5.55. The summed E-state index contributed by atoms with van der Waals surface area (Å²) < 4.78 is 3.14. The topological polar surface area (TPSA) is 102 Å². The summed E-state index contributed by atoms with van der Waals surface area (Å²) in [5.41, 5.74) is 1.18. The van der Waals surface area contributed by atoms with Gasteiger partial charge in [-0.2, -0.15) is 0 Å². The van der Waals surface area contributed by atoms with Crippen LogP contribution >= 0.6 is 0 Å². The number of para-hydroxylation sites is 2. The van der Waals surface area contributed by atoms with E-state index in [0.29, 0.717) is 11.4 Å². The van der Waals surface area contributed by atoms with Crippen LogP contribution in [0.5, 0.6) is 0 Å². The molecule has 0 aliphatic carbocycles. The van der Waals surface area contributed by atoms with E-state index in [1.807, 2.05) is 24.4 Å². The Morgan fingerprint density at radius 2 is 1.78 bits per heavy atom. The summed E-state index contributed by atoms with van der Waals surface area (Å²) in [5.74, 6) is 0.470. The van der Waals surface area contributed by atoms with Gasteiger partial charge in [-0.15, -0.1) is 0 Å². The number of H-pyrrole nitrogens is 1. The van der Waals surface area contributed by atoms with E-state index < -0.39 is 17.2 Å². The summed E-state index contributed by atoms with van der Waals surface area (Å²) in [6.07, 6.45) is 5.19. The average Bonchev–Trinajstić information content (AvgIpc) is 3.24. The molecule has 160 valence electrons. The number of aromatic amines is 1. The Hall–Kier alpha value is -4.20. The first-order chi connectivity index (χ1) is 15.6. The third-order valence-corrected chi connectivity index (χ3v) is 5.55. The van der Waals surface area contributed by atoms with Crippen molar-refractivity contribution in [1.82, 2.24) is 19.1 Å². The van der Waals surface area contributed by atoms with Gasteiger partial charge in [0.05, 0.1) is 17.1 Å². The quantitative estimate of drug-likeness (QED) is 0.523. The van der Waals surface area contributed by atoms with Crippen LogP contribution in [0.15, 0.2) is 76.4 Å². The molecule has 32 heavy (non-hydrogen) atoms. The molecule has 0 atom stereocenters. The van der Waals surface area contributed by atoms with Gasteiger partial charge in [0.1, 0.15) is 11.5 Å². The molecule has 0 saturated heterocycles. The molecule has 1 amide bonds. The highest BCUT2D eigenvalue weighted by Crippen LogP contribution is 2.29. The van der Waals surface area contributed by atoms with Crippen LogP contribution in [-0.2, 0) is 13.0 Å². The van der Waals surface area contributed by atoms with Gasteiger partial charge in [-0.05, 0) is 31.0 Å². The smallest absolute Gasteiger partial charge is 0.333 e. The monoisotopic (exact) mass is 427 g/mol. The summed E-state index contributed by atoms with van der Waals surface area (Å²) in [4.78, 5) is 45.2. The molecule has 8 heteroatoms. The number of amides is 1. The number of aryl methyl sites for hydroxylation is 2. The van der Waals surface area contributed by atoms with Gasteiger partial charge in [0.15, 0.2) is 0 Å². The standard InChI is InChI=1S/C24H21N5O3/c30-22-14-19(27-24(32)29(22)16-8-2-1-3-9-16)23(31)26-18-11-5-4-10-17(18)20-15-28-13-7-6-12-21(28)25-20/h1-5,8-11,14-15H,6-7,12-13H2,(H,26,31)(H,27,32). The van der Waals surface area contributed by atoms with Crippen LogP contribution in [-0.4, -0.2) is 25.0 Å². The van der Waals surface area contributed by atoms with Crippen LogP contribution in [0.2, 0.25) is 0 Å². The van der Waals surface area contributed by atoms with E-state index in [1.165, 1.54) is 0 Å². The zero-order chi connectivity index (χ0) is 22.1. The number of nitrogens with zero attached hydrogens (tertiary/aromatic N) is 3. The number of hydrogen-bond acceptors (Lipinski definition) is 4. The molecule has 0 fully saturated rings. The van der Waals surface area contributed by atoms with Crippen molar-refractivity contribution in [3.05, 3.63) is 99.2 Å². The lowest BCUT2D eigenvalue weighted by Gasteiger charge is -2.11. The highest BCUT2D eigenvalue weighted by molar-refractivity contribution is 6.04. The number of carbonyl (C=O) groups excluding carboxylic acids is 1. The van der Waals surface area contributed by atoms with E-state index in [0.717, 1.165) is 53.5 Å². The molecule has 0 bridgehead atoms. The minimum Gasteiger partial charge on any atom is -0.334 e. The molecular formula is C24H21N5O3. The van der Waals surface area contributed by atoms with E-state index in [9.17, 15) is 14.4 Å². The molecule has 3 heterocycles. The fourth-order valence-corrected chi connectivity index (χ4v) is 3.99. The Kier molecular flexibility index (Phi) is 5.03. The molecule has 0 unspecified atom stereocenters. The van der Waals surface area contributed by atoms with Crippen LogP contribution < -0.4 is 16.6 Å². The van der Waals surface area contributed by atoms with Gasteiger partial charge in [0.2, 0.25) is 0 Å². The SMILES string of the molecule is O=C(Nc1ccccc1-c1cn2c(n1)CCCC2)c1cc(=O)n(-c2ccccc2)c(=O)[nH]1. The van der Waals surface area contributed by atoms with Gasteiger partial charge in [0, 0.05) is 30.8 Å². The van der Waals surface area contributed by atoms with Crippen LogP contribution in [0, 0.1) is 0 Å². The first kappa shape index (κ1) is 19.7. The second-order valence-corrected chi connectivity index (χ2v) is 7.69. The van der Waals surface area contributed by atoms with Crippen molar-refractivity contribution >= 4 is 11.6 Å². The minimum absolute atomic E-state index is 0.105. The van der Waals surface area contributed by atoms with Gasteiger partial charge >= 0.3 is 5.69 Å². The van der Waals surface area contributed by atoms with Crippen molar-refractivity contribution in [2.24, 2.45) is 0 Å². The number of nitrogens with one attached hydrogen (secondary N) is 2. The van der Waals surface area contributed by atoms with Crippen LogP contribution in [0.1, 0.15) is 29.2 Å². The number of benzene rings is 2. The predicted molar refractivity (Wildman–Crippen MR) is 121 cm³/mol. The summed E-state index contributed by atoms with van der Waals surface area (Å²) in [6.45, 7) is 0.940. The summed E-state index contributed by atoms with van der Waals surface area (Å²) >= 11 is 0. The van der Waals surface area contributed by atoms with Crippen LogP contribution in [0.4, 0.5) is 5.69 Å². The van der Waals surface area contributed by atoms with E-state index in [-0.39, 0.29) is 5.69 Å². The van der Waals surface area contributed by atoms with Crippen molar-refractivity contribution in [2.75, 3.05) is 5.32 Å². The number of anilines is 1. The Bertz CT molecular complexity index is 1360. The molecule has 8 nitrogen and oxygen atoms in total. The summed E-state index contributed by atoms with van der Waals surface area (Å²) in [6, 6.07) is 17.0. The lowest BCUT2D eigenvalue weighted by molar-refractivity contribution is 0.102. The molecular weight excluding hydrogens is 406 g/mol. The molecule has 0 radical (unpaired) electrons. The minimum atomic E-state index is -0.677. The summed E-state index contributed by atoms with van der Waals surface area (Å²) in [7, 11) is 0. The van der Waals surface area contributed by atoms with Gasteiger partial charge in [-0.3, -0.25) is 9.59 Å². The van der Waals surface area contributed by atoms with Gasteiger partial charge in [-0.1, -0.05) is 36.4 Å². The van der Waals surface area contributed by atoms with Gasteiger partial charge in [0.25, 0.3) is 11.5 Å². The van der Waals surface area contributed by atoms with Crippen molar-refractivity contribution in [3.63, 3.8) is 0 Å². The second-order valence-electron chi connectivity index (χ2n) is 7.69. The molecule has 0 saturated carbocycles. The van der Waals surface area contributed by atoms with E-state index in [1.54, 1.807) is 36.4 Å². The first-order valence-corrected chi connectivity index (χ1v) is 10.5. The Balaban J connectivity index is 1.46.